The van der Waals surface area contributed by atoms with E-state index in [0.29, 0.717) is 17.9 Å². The molecule has 1 saturated heterocycles. The number of aromatic nitrogens is 1. The Balaban J connectivity index is 2.34. The van der Waals surface area contributed by atoms with Gasteiger partial charge in [0.1, 0.15) is 5.82 Å². The van der Waals surface area contributed by atoms with E-state index in [2.05, 4.69) is 32.6 Å². The molecule has 1 aromatic heterocycles. The van der Waals surface area contributed by atoms with Gasteiger partial charge >= 0.3 is 0 Å². The van der Waals surface area contributed by atoms with Gasteiger partial charge in [-0.05, 0) is 49.3 Å². The van der Waals surface area contributed by atoms with Crippen molar-refractivity contribution in [1.29, 1.82) is 0 Å². The minimum absolute atomic E-state index is 0.0903. The summed E-state index contributed by atoms with van der Waals surface area (Å²) in [5.41, 5.74) is 2.05. The highest BCUT2D eigenvalue weighted by molar-refractivity contribution is 5.44. The van der Waals surface area contributed by atoms with E-state index in [1.165, 1.54) is 12.8 Å². The Hall–Kier alpha value is -1.09. The Morgan fingerprint density at radius 2 is 2.11 bits per heavy atom. The van der Waals surface area contributed by atoms with E-state index < -0.39 is 0 Å². The van der Waals surface area contributed by atoms with Crippen molar-refractivity contribution in [2.24, 2.45) is 5.92 Å². The van der Waals surface area contributed by atoms with Crippen LogP contribution >= 0.6 is 0 Å². The van der Waals surface area contributed by atoms with Crippen LogP contribution in [0.3, 0.4) is 0 Å². The zero-order chi connectivity index (χ0) is 14.0. The molecule has 19 heavy (non-hydrogen) atoms. The second-order valence-electron chi connectivity index (χ2n) is 6.12. The number of aliphatic hydroxyl groups is 1. The molecule has 3 nitrogen and oxygen atoms in total. The largest absolute Gasteiger partial charge is 0.392 e. The summed E-state index contributed by atoms with van der Waals surface area (Å²) in [6.07, 6.45) is 2.53. The summed E-state index contributed by atoms with van der Waals surface area (Å²) in [7, 11) is 0. The topological polar surface area (TPSA) is 36.4 Å². The van der Waals surface area contributed by atoms with Gasteiger partial charge in [0.2, 0.25) is 0 Å². The van der Waals surface area contributed by atoms with Gasteiger partial charge in [-0.1, -0.05) is 20.8 Å². The zero-order valence-electron chi connectivity index (χ0n) is 12.6. The normalized spacial score (nSPS) is 24.0. The summed E-state index contributed by atoms with van der Waals surface area (Å²) in [5.74, 6) is 2.13. The van der Waals surface area contributed by atoms with Crippen LogP contribution in [0, 0.1) is 5.92 Å². The monoisotopic (exact) mass is 262 g/mol. The second kappa shape index (κ2) is 5.91. The molecule has 1 aromatic rings. The molecule has 1 aliphatic rings. The third kappa shape index (κ3) is 3.08. The SMILES string of the molecule is CC(C)c1cc(CO)cc(N2CCCC(C)C2C)n1. The van der Waals surface area contributed by atoms with E-state index in [1.807, 2.05) is 12.1 Å². The molecular weight excluding hydrogens is 236 g/mol. The molecule has 106 valence electrons. The molecule has 1 N–H and O–H groups in total. The number of piperidine rings is 1. The second-order valence-corrected chi connectivity index (χ2v) is 6.12. The summed E-state index contributed by atoms with van der Waals surface area (Å²) in [6.45, 7) is 10.1. The molecule has 2 rings (SSSR count). The number of nitrogens with zero attached hydrogens (tertiary/aromatic N) is 2. The molecule has 2 atom stereocenters. The number of aliphatic hydroxyl groups excluding tert-OH is 1. The van der Waals surface area contributed by atoms with E-state index in [9.17, 15) is 5.11 Å². The van der Waals surface area contributed by atoms with Gasteiger partial charge in [0.25, 0.3) is 0 Å². The van der Waals surface area contributed by atoms with Crippen LogP contribution in [0.15, 0.2) is 12.1 Å². The Morgan fingerprint density at radius 1 is 1.37 bits per heavy atom. The molecular formula is C16H26N2O. The van der Waals surface area contributed by atoms with Gasteiger partial charge in [-0.3, -0.25) is 0 Å². The van der Waals surface area contributed by atoms with Gasteiger partial charge < -0.3 is 10.0 Å². The molecule has 1 aliphatic heterocycles. The Labute approximate surface area is 116 Å². The fraction of sp³-hybridized carbons (Fsp3) is 0.688. The molecule has 2 heterocycles. The number of pyridine rings is 1. The van der Waals surface area contributed by atoms with Crippen LogP contribution in [0.2, 0.25) is 0 Å². The summed E-state index contributed by atoms with van der Waals surface area (Å²) < 4.78 is 0. The average Bonchev–Trinajstić information content (AvgIpc) is 2.41. The average molecular weight is 262 g/mol. The fourth-order valence-corrected chi connectivity index (χ4v) is 2.79. The van der Waals surface area contributed by atoms with Crippen LogP contribution in [-0.2, 0) is 6.61 Å². The fourth-order valence-electron chi connectivity index (χ4n) is 2.79. The van der Waals surface area contributed by atoms with Crippen LogP contribution in [-0.4, -0.2) is 22.7 Å². The van der Waals surface area contributed by atoms with Crippen LogP contribution in [0.1, 0.15) is 57.7 Å². The maximum absolute atomic E-state index is 9.44. The maximum atomic E-state index is 9.44. The first kappa shape index (κ1) is 14.3. The molecule has 0 aromatic carbocycles. The van der Waals surface area contributed by atoms with Gasteiger partial charge in [-0.25, -0.2) is 4.98 Å². The first-order chi connectivity index (χ1) is 9.02. The summed E-state index contributed by atoms with van der Waals surface area (Å²) in [5, 5.41) is 9.44. The molecule has 3 heteroatoms. The summed E-state index contributed by atoms with van der Waals surface area (Å²) >= 11 is 0. The molecule has 0 bridgehead atoms. The zero-order valence-corrected chi connectivity index (χ0v) is 12.6. The molecule has 0 radical (unpaired) electrons. The van der Waals surface area contributed by atoms with Crippen molar-refractivity contribution in [2.75, 3.05) is 11.4 Å². The van der Waals surface area contributed by atoms with Crippen molar-refractivity contribution in [1.82, 2.24) is 4.98 Å². The van der Waals surface area contributed by atoms with Crippen molar-refractivity contribution < 1.29 is 5.11 Å². The van der Waals surface area contributed by atoms with E-state index in [0.717, 1.165) is 23.6 Å². The van der Waals surface area contributed by atoms with E-state index >= 15 is 0 Å². The van der Waals surface area contributed by atoms with E-state index in [4.69, 9.17) is 4.98 Å². The lowest BCUT2D eigenvalue weighted by Crippen LogP contribution is -2.43. The highest BCUT2D eigenvalue weighted by Crippen LogP contribution is 2.29. The maximum Gasteiger partial charge on any atom is 0.129 e. The molecule has 2 unspecified atom stereocenters. The van der Waals surface area contributed by atoms with Crippen LogP contribution in [0.4, 0.5) is 5.82 Å². The predicted octanol–water partition coefficient (Wildman–Crippen LogP) is 3.32. The number of hydrogen-bond donors (Lipinski definition) is 1. The third-order valence-corrected chi connectivity index (χ3v) is 4.33. The summed E-state index contributed by atoms with van der Waals surface area (Å²) in [4.78, 5) is 7.21. The molecule has 0 amide bonds. The van der Waals surface area contributed by atoms with Crippen molar-refractivity contribution >= 4 is 5.82 Å². The van der Waals surface area contributed by atoms with Crippen molar-refractivity contribution in [3.05, 3.63) is 23.4 Å². The van der Waals surface area contributed by atoms with Crippen LogP contribution in [0.5, 0.6) is 0 Å². The van der Waals surface area contributed by atoms with Crippen molar-refractivity contribution in [3.63, 3.8) is 0 Å². The van der Waals surface area contributed by atoms with Gasteiger partial charge in [0, 0.05) is 18.3 Å². The number of anilines is 1. The molecule has 0 aliphatic carbocycles. The Kier molecular flexibility index (Phi) is 4.46. The lowest BCUT2D eigenvalue weighted by molar-refractivity contribution is 0.281. The highest BCUT2D eigenvalue weighted by Gasteiger charge is 2.26. The molecule has 1 fully saturated rings. The van der Waals surface area contributed by atoms with Gasteiger partial charge in [-0.15, -0.1) is 0 Å². The third-order valence-electron chi connectivity index (χ3n) is 4.33. The van der Waals surface area contributed by atoms with Gasteiger partial charge in [-0.2, -0.15) is 0 Å². The lowest BCUT2D eigenvalue weighted by atomic mass is 9.92. The Morgan fingerprint density at radius 3 is 2.74 bits per heavy atom. The Bertz CT molecular complexity index is 431. The van der Waals surface area contributed by atoms with Gasteiger partial charge in [0.05, 0.1) is 6.61 Å². The van der Waals surface area contributed by atoms with Crippen molar-refractivity contribution in [3.8, 4) is 0 Å². The number of hydrogen-bond acceptors (Lipinski definition) is 3. The standard InChI is InChI=1S/C16H26N2O/c1-11(2)15-8-14(10-19)9-16(17-15)18-7-5-6-12(3)13(18)4/h8-9,11-13,19H,5-7,10H2,1-4H3. The number of rotatable bonds is 3. The molecule has 0 spiro atoms. The smallest absolute Gasteiger partial charge is 0.129 e. The van der Waals surface area contributed by atoms with Crippen LogP contribution in [0.25, 0.3) is 0 Å². The van der Waals surface area contributed by atoms with Gasteiger partial charge in [0.15, 0.2) is 0 Å². The minimum atomic E-state index is 0.0903. The minimum Gasteiger partial charge on any atom is -0.392 e. The summed E-state index contributed by atoms with van der Waals surface area (Å²) in [6, 6.07) is 4.59. The van der Waals surface area contributed by atoms with Crippen molar-refractivity contribution in [2.45, 2.75) is 59.1 Å². The highest BCUT2D eigenvalue weighted by atomic mass is 16.3. The van der Waals surface area contributed by atoms with E-state index in [-0.39, 0.29) is 6.61 Å². The quantitative estimate of drug-likeness (QED) is 0.907. The first-order valence-electron chi connectivity index (χ1n) is 7.41. The lowest BCUT2D eigenvalue weighted by Gasteiger charge is -2.39. The van der Waals surface area contributed by atoms with Crippen LogP contribution < -0.4 is 4.90 Å². The van der Waals surface area contributed by atoms with E-state index in [1.54, 1.807) is 0 Å². The predicted molar refractivity (Wildman–Crippen MR) is 79.5 cm³/mol. The first-order valence-corrected chi connectivity index (χ1v) is 7.41. The molecule has 0 saturated carbocycles.